The van der Waals surface area contributed by atoms with Crippen LogP contribution in [0.5, 0.6) is 0 Å². The maximum absolute atomic E-state index is 12.1. The largest absolute Gasteiger partial charge is 0.396 e. The molecule has 5 nitrogen and oxygen atoms in total. The smallest absolute Gasteiger partial charge is 0.271 e. The molecule has 1 saturated carbocycles. The molecule has 1 aromatic heterocycles. The van der Waals surface area contributed by atoms with E-state index in [0.29, 0.717) is 11.4 Å². The molecule has 18 heavy (non-hydrogen) atoms. The van der Waals surface area contributed by atoms with E-state index < -0.39 is 0 Å². The zero-order valence-corrected chi connectivity index (χ0v) is 11.7. The van der Waals surface area contributed by atoms with Crippen LogP contribution in [0.1, 0.15) is 36.2 Å². The average Bonchev–Trinajstić information content (AvgIpc) is 2.70. The van der Waals surface area contributed by atoms with Crippen LogP contribution in [-0.2, 0) is 7.05 Å². The van der Waals surface area contributed by atoms with Crippen LogP contribution in [0.25, 0.3) is 0 Å². The first-order valence-electron chi connectivity index (χ1n) is 6.23. The topological polar surface area (TPSA) is 72.9 Å². The lowest BCUT2D eigenvalue weighted by Crippen LogP contribution is -2.39. The summed E-state index contributed by atoms with van der Waals surface area (Å²) in [4.78, 5) is 12.1. The summed E-state index contributed by atoms with van der Waals surface area (Å²) in [5, 5.41) is 7.79. The number of amides is 1. The highest BCUT2D eigenvalue weighted by Gasteiger charge is 2.24. The fourth-order valence-corrected chi connectivity index (χ4v) is 3.17. The van der Waals surface area contributed by atoms with Gasteiger partial charge in [-0.25, -0.2) is 0 Å². The molecule has 0 aliphatic heterocycles. The third kappa shape index (κ3) is 2.80. The van der Waals surface area contributed by atoms with Crippen LogP contribution in [0.4, 0.5) is 5.69 Å². The molecule has 0 unspecified atom stereocenters. The van der Waals surface area contributed by atoms with Gasteiger partial charge in [0.1, 0.15) is 5.69 Å². The van der Waals surface area contributed by atoms with Gasteiger partial charge in [0.25, 0.3) is 5.91 Å². The van der Waals surface area contributed by atoms with Crippen molar-refractivity contribution in [3.8, 4) is 0 Å². The second kappa shape index (κ2) is 5.65. The Morgan fingerprint density at radius 1 is 1.50 bits per heavy atom. The molecular formula is C12H20N4OS. The van der Waals surface area contributed by atoms with Crippen molar-refractivity contribution in [3.63, 3.8) is 0 Å². The lowest BCUT2D eigenvalue weighted by atomic mass is 9.95. The summed E-state index contributed by atoms with van der Waals surface area (Å²) in [6, 6.07) is 0.273. The second-order valence-electron chi connectivity index (χ2n) is 4.75. The van der Waals surface area contributed by atoms with Crippen LogP contribution in [0.2, 0.25) is 0 Å². The molecule has 1 aliphatic rings. The van der Waals surface area contributed by atoms with E-state index in [1.165, 1.54) is 23.7 Å². The summed E-state index contributed by atoms with van der Waals surface area (Å²) < 4.78 is 1.53. The molecular weight excluding hydrogens is 248 g/mol. The molecule has 0 atom stereocenters. The molecule has 0 bridgehead atoms. The maximum atomic E-state index is 12.1. The van der Waals surface area contributed by atoms with Crippen molar-refractivity contribution in [2.45, 2.75) is 37.0 Å². The molecule has 1 aliphatic carbocycles. The lowest BCUT2D eigenvalue weighted by Gasteiger charge is -2.28. The molecule has 0 radical (unpaired) electrons. The zero-order valence-electron chi connectivity index (χ0n) is 10.8. The van der Waals surface area contributed by atoms with Crippen molar-refractivity contribution >= 4 is 23.4 Å². The minimum atomic E-state index is -0.111. The van der Waals surface area contributed by atoms with E-state index in [2.05, 4.69) is 16.7 Å². The normalized spacial score (nSPS) is 23.9. The van der Waals surface area contributed by atoms with Gasteiger partial charge in [-0.2, -0.15) is 16.9 Å². The Balaban J connectivity index is 1.93. The molecule has 1 heterocycles. The number of hydrogen-bond acceptors (Lipinski definition) is 4. The Morgan fingerprint density at radius 3 is 2.67 bits per heavy atom. The molecule has 6 heteroatoms. The van der Waals surface area contributed by atoms with Crippen LogP contribution >= 0.6 is 11.8 Å². The van der Waals surface area contributed by atoms with Gasteiger partial charge in [0.2, 0.25) is 0 Å². The van der Waals surface area contributed by atoms with Gasteiger partial charge in [0, 0.05) is 18.3 Å². The fourth-order valence-electron chi connectivity index (χ4n) is 2.43. The Kier molecular flexibility index (Phi) is 4.16. The number of aromatic nitrogens is 2. The van der Waals surface area contributed by atoms with Crippen LogP contribution < -0.4 is 11.1 Å². The number of rotatable bonds is 3. The first-order valence-corrected chi connectivity index (χ1v) is 7.51. The Bertz CT molecular complexity index is 404. The first-order chi connectivity index (χ1) is 8.61. The highest BCUT2D eigenvalue weighted by atomic mass is 32.2. The Labute approximate surface area is 111 Å². The molecule has 0 aromatic carbocycles. The number of nitrogens with zero attached hydrogens (tertiary/aromatic N) is 2. The van der Waals surface area contributed by atoms with Crippen molar-refractivity contribution in [2.75, 3.05) is 12.0 Å². The summed E-state index contributed by atoms with van der Waals surface area (Å²) in [7, 11) is 1.73. The first kappa shape index (κ1) is 13.3. The van der Waals surface area contributed by atoms with Crippen molar-refractivity contribution in [1.29, 1.82) is 0 Å². The number of nitrogens with two attached hydrogens (primary N) is 1. The SMILES string of the molecule is CSC1CCC(NC(=O)c2c(N)cnn2C)CC1. The standard InChI is InChI=1S/C12H20N4OS/c1-16-11(10(13)7-14-16)12(17)15-8-3-5-9(18-2)6-4-8/h7-9H,3-6,13H2,1-2H3,(H,15,17). The third-order valence-electron chi connectivity index (χ3n) is 3.52. The van der Waals surface area contributed by atoms with Crippen molar-refractivity contribution in [2.24, 2.45) is 7.05 Å². The Hall–Kier alpha value is -1.17. The lowest BCUT2D eigenvalue weighted by molar-refractivity contribution is 0.0919. The van der Waals surface area contributed by atoms with Crippen LogP contribution in [0.15, 0.2) is 6.20 Å². The van der Waals surface area contributed by atoms with Crippen molar-refractivity contribution < 1.29 is 4.79 Å². The van der Waals surface area contributed by atoms with Crippen molar-refractivity contribution in [1.82, 2.24) is 15.1 Å². The van der Waals surface area contributed by atoms with Gasteiger partial charge in [-0.15, -0.1) is 0 Å². The fraction of sp³-hybridized carbons (Fsp3) is 0.667. The second-order valence-corrected chi connectivity index (χ2v) is 5.89. The molecule has 100 valence electrons. The predicted molar refractivity (Wildman–Crippen MR) is 74.6 cm³/mol. The monoisotopic (exact) mass is 268 g/mol. The number of nitrogen functional groups attached to an aromatic ring is 1. The number of nitrogens with one attached hydrogen (secondary N) is 1. The highest BCUT2D eigenvalue weighted by molar-refractivity contribution is 7.99. The molecule has 0 spiro atoms. The predicted octanol–water partition coefficient (Wildman–Crippen LogP) is 1.41. The maximum Gasteiger partial charge on any atom is 0.271 e. The van der Waals surface area contributed by atoms with E-state index in [0.717, 1.165) is 18.1 Å². The van der Waals surface area contributed by atoms with Gasteiger partial charge in [0.05, 0.1) is 11.9 Å². The number of anilines is 1. The zero-order chi connectivity index (χ0) is 13.1. The highest BCUT2D eigenvalue weighted by Crippen LogP contribution is 2.27. The summed E-state index contributed by atoms with van der Waals surface area (Å²) in [6.07, 6.45) is 8.11. The van der Waals surface area contributed by atoms with Gasteiger partial charge in [-0.05, 0) is 31.9 Å². The molecule has 3 N–H and O–H groups in total. The van der Waals surface area contributed by atoms with E-state index in [9.17, 15) is 4.79 Å². The number of hydrogen-bond donors (Lipinski definition) is 2. The summed E-state index contributed by atoms with van der Waals surface area (Å²) >= 11 is 1.92. The molecule has 1 aromatic rings. The quantitative estimate of drug-likeness (QED) is 0.869. The van der Waals surface area contributed by atoms with E-state index in [1.54, 1.807) is 7.05 Å². The number of carbonyl (C=O) groups is 1. The van der Waals surface area contributed by atoms with Gasteiger partial charge < -0.3 is 11.1 Å². The van der Waals surface area contributed by atoms with E-state index in [1.807, 2.05) is 11.8 Å². The minimum absolute atomic E-state index is 0.111. The van der Waals surface area contributed by atoms with Crippen LogP contribution in [0, 0.1) is 0 Å². The molecule has 1 fully saturated rings. The number of aryl methyl sites for hydroxylation is 1. The van der Waals surface area contributed by atoms with Crippen molar-refractivity contribution in [3.05, 3.63) is 11.9 Å². The summed E-state index contributed by atoms with van der Waals surface area (Å²) in [6.45, 7) is 0. The van der Waals surface area contributed by atoms with Gasteiger partial charge >= 0.3 is 0 Å². The van der Waals surface area contributed by atoms with Crippen LogP contribution in [0.3, 0.4) is 0 Å². The van der Waals surface area contributed by atoms with E-state index in [-0.39, 0.29) is 11.9 Å². The van der Waals surface area contributed by atoms with Gasteiger partial charge in [-0.3, -0.25) is 9.48 Å². The number of thioether (sulfide) groups is 1. The van der Waals surface area contributed by atoms with Gasteiger partial charge in [-0.1, -0.05) is 0 Å². The van der Waals surface area contributed by atoms with E-state index >= 15 is 0 Å². The Morgan fingerprint density at radius 2 is 2.17 bits per heavy atom. The van der Waals surface area contributed by atoms with Crippen LogP contribution in [-0.4, -0.2) is 33.2 Å². The van der Waals surface area contributed by atoms with Gasteiger partial charge in [0.15, 0.2) is 0 Å². The summed E-state index contributed by atoms with van der Waals surface area (Å²) in [5.74, 6) is -0.111. The number of carbonyl (C=O) groups excluding carboxylic acids is 1. The minimum Gasteiger partial charge on any atom is -0.396 e. The van der Waals surface area contributed by atoms with E-state index in [4.69, 9.17) is 5.73 Å². The third-order valence-corrected chi connectivity index (χ3v) is 4.66. The summed E-state index contributed by atoms with van der Waals surface area (Å²) in [5.41, 5.74) is 6.64. The molecule has 2 rings (SSSR count). The average molecular weight is 268 g/mol. The molecule has 1 amide bonds. The molecule has 0 saturated heterocycles.